The van der Waals surface area contributed by atoms with Gasteiger partial charge in [0.2, 0.25) is 0 Å². The minimum atomic E-state index is -0.956. The van der Waals surface area contributed by atoms with E-state index in [1.165, 1.54) is 30.5 Å². The number of amides is 1. The summed E-state index contributed by atoms with van der Waals surface area (Å²) in [5.41, 5.74) is 1.79. The van der Waals surface area contributed by atoms with Gasteiger partial charge in [0.25, 0.3) is 5.91 Å². The fourth-order valence-electron chi connectivity index (χ4n) is 3.21. The smallest absolute Gasteiger partial charge is 0.309 e. The van der Waals surface area contributed by atoms with Crippen LogP contribution in [0.1, 0.15) is 34.1 Å². The summed E-state index contributed by atoms with van der Waals surface area (Å²) in [4.78, 5) is 26.1. The van der Waals surface area contributed by atoms with Gasteiger partial charge in [-0.05, 0) is 31.0 Å². The van der Waals surface area contributed by atoms with Crippen molar-refractivity contribution in [2.75, 3.05) is 6.54 Å². The molecule has 1 N–H and O–H groups in total. The number of aliphatic carboxylic acids is 1. The first-order chi connectivity index (χ1) is 11.4. The van der Waals surface area contributed by atoms with Crippen LogP contribution in [0.25, 0.3) is 0 Å². The molecule has 1 aliphatic rings. The van der Waals surface area contributed by atoms with Crippen LogP contribution in [0, 0.1) is 18.7 Å². The maximum atomic E-state index is 13.2. The molecule has 7 heteroatoms. The van der Waals surface area contributed by atoms with Gasteiger partial charge < -0.3 is 10.0 Å². The van der Waals surface area contributed by atoms with Crippen LogP contribution in [-0.4, -0.2) is 38.2 Å². The summed E-state index contributed by atoms with van der Waals surface area (Å²) < 4.78 is 14.8. The Kier molecular flexibility index (Phi) is 4.09. The van der Waals surface area contributed by atoms with E-state index in [1.54, 1.807) is 23.6 Å². The van der Waals surface area contributed by atoms with Crippen molar-refractivity contribution in [2.24, 2.45) is 13.0 Å². The first-order valence-corrected chi connectivity index (χ1v) is 7.68. The number of carboxylic acid groups (broad SMARTS) is 1. The third-order valence-corrected chi connectivity index (χ3v) is 4.65. The summed E-state index contributed by atoms with van der Waals surface area (Å²) >= 11 is 0. The molecule has 0 unspecified atom stereocenters. The Morgan fingerprint density at radius 2 is 1.96 bits per heavy atom. The van der Waals surface area contributed by atoms with Crippen LogP contribution in [0.2, 0.25) is 0 Å². The van der Waals surface area contributed by atoms with Gasteiger partial charge >= 0.3 is 5.97 Å². The van der Waals surface area contributed by atoms with Gasteiger partial charge in [-0.25, -0.2) is 4.39 Å². The Hall–Kier alpha value is -2.70. The summed E-state index contributed by atoms with van der Waals surface area (Å²) in [5, 5.41) is 13.6. The van der Waals surface area contributed by atoms with Gasteiger partial charge in [0.1, 0.15) is 5.82 Å². The number of aromatic nitrogens is 2. The molecule has 24 heavy (non-hydrogen) atoms. The highest BCUT2D eigenvalue weighted by molar-refractivity contribution is 5.96. The highest BCUT2D eigenvalue weighted by Crippen LogP contribution is 2.38. The van der Waals surface area contributed by atoms with Crippen molar-refractivity contribution in [3.8, 4) is 0 Å². The predicted molar refractivity (Wildman–Crippen MR) is 83.9 cm³/mol. The summed E-state index contributed by atoms with van der Waals surface area (Å²) in [6.07, 6.45) is 1.86. The van der Waals surface area contributed by atoms with Gasteiger partial charge in [0, 0.05) is 19.3 Å². The van der Waals surface area contributed by atoms with Crippen LogP contribution in [0.4, 0.5) is 4.39 Å². The molecule has 3 rings (SSSR count). The molecular formula is C17H18FN3O3. The first kappa shape index (κ1) is 16.2. The SMILES string of the molecule is Cc1c(C(=O)N2CC[C@@H](C(=O)O)[C@H]2c2ccc(F)cc2)cnn1C. The molecule has 0 aliphatic carbocycles. The number of aryl methyl sites for hydroxylation is 1. The molecule has 0 spiro atoms. The third kappa shape index (κ3) is 2.66. The fraction of sp³-hybridized carbons (Fsp3) is 0.353. The lowest BCUT2D eigenvalue weighted by atomic mass is 9.93. The molecule has 2 atom stereocenters. The minimum absolute atomic E-state index is 0.251. The predicted octanol–water partition coefficient (Wildman–Crippen LogP) is 2.16. The van der Waals surface area contributed by atoms with E-state index in [4.69, 9.17) is 0 Å². The molecule has 0 saturated carbocycles. The van der Waals surface area contributed by atoms with Crippen molar-refractivity contribution in [1.82, 2.24) is 14.7 Å². The van der Waals surface area contributed by atoms with Crippen molar-refractivity contribution in [1.29, 1.82) is 0 Å². The van der Waals surface area contributed by atoms with Crippen LogP contribution in [0.5, 0.6) is 0 Å². The topological polar surface area (TPSA) is 75.4 Å². The van der Waals surface area contributed by atoms with Crippen molar-refractivity contribution >= 4 is 11.9 Å². The number of nitrogens with zero attached hydrogens (tertiary/aromatic N) is 3. The zero-order valence-corrected chi connectivity index (χ0v) is 13.4. The van der Waals surface area contributed by atoms with Crippen molar-refractivity contribution in [3.05, 3.63) is 53.1 Å². The average Bonchev–Trinajstić information content (AvgIpc) is 3.13. The Morgan fingerprint density at radius 1 is 1.29 bits per heavy atom. The van der Waals surface area contributed by atoms with Crippen LogP contribution < -0.4 is 0 Å². The zero-order valence-electron chi connectivity index (χ0n) is 13.4. The summed E-state index contributed by atoms with van der Waals surface area (Å²) in [7, 11) is 1.74. The fourth-order valence-corrected chi connectivity index (χ4v) is 3.21. The van der Waals surface area contributed by atoms with Crippen LogP contribution >= 0.6 is 0 Å². The van der Waals surface area contributed by atoms with Crippen LogP contribution in [0.15, 0.2) is 30.5 Å². The summed E-state index contributed by atoms with van der Waals surface area (Å²) in [6.45, 7) is 2.13. The molecule has 2 aromatic rings. The maximum Gasteiger partial charge on any atom is 0.309 e. The Balaban J connectivity index is 1.99. The van der Waals surface area contributed by atoms with Crippen molar-refractivity contribution in [2.45, 2.75) is 19.4 Å². The van der Waals surface area contributed by atoms with E-state index in [-0.39, 0.29) is 5.91 Å². The van der Waals surface area contributed by atoms with Gasteiger partial charge in [-0.3, -0.25) is 14.3 Å². The van der Waals surface area contributed by atoms with Crippen molar-refractivity contribution < 1.29 is 19.1 Å². The molecule has 6 nitrogen and oxygen atoms in total. The number of rotatable bonds is 3. The highest BCUT2D eigenvalue weighted by atomic mass is 19.1. The molecule has 2 heterocycles. The first-order valence-electron chi connectivity index (χ1n) is 7.68. The van der Waals surface area contributed by atoms with E-state index >= 15 is 0 Å². The lowest BCUT2D eigenvalue weighted by molar-refractivity contribution is -0.142. The largest absolute Gasteiger partial charge is 0.481 e. The van der Waals surface area contributed by atoms with Crippen molar-refractivity contribution in [3.63, 3.8) is 0 Å². The second-order valence-corrected chi connectivity index (χ2v) is 6.00. The zero-order chi connectivity index (χ0) is 17.4. The van der Waals surface area contributed by atoms with E-state index in [0.717, 1.165) is 5.69 Å². The second kappa shape index (κ2) is 6.07. The third-order valence-electron chi connectivity index (χ3n) is 4.65. The summed E-state index contributed by atoms with van der Waals surface area (Å²) in [6, 6.07) is 5.03. The lowest BCUT2D eigenvalue weighted by Gasteiger charge is -2.27. The normalized spacial score (nSPS) is 20.4. The highest BCUT2D eigenvalue weighted by Gasteiger charge is 2.42. The number of carbonyl (C=O) groups is 2. The molecule has 0 bridgehead atoms. The molecule has 0 radical (unpaired) electrons. The minimum Gasteiger partial charge on any atom is -0.481 e. The molecule has 1 aliphatic heterocycles. The number of halogens is 1. The van der Waals surface area contributed by atoms with E-state index < -0.39 is 23.7 Å². The lowest BCUT2D eigenvalue weighted by Crippen LogP contribution is -2.34. The average molecular weight is 331 g/mol. The standard InChI is InChI=1S/C17H18FN3O3/c1-10-14(9-19-20(10)2)16(22)21-8-7-13(17(23)24)15(21)11-3-5-12(18)6-4-11/h3-6,9,13,15H,7-8H2,1-2H3,(H,23,24)/t13-,15-/m1/s1. The van der Waals surface area contributed by atoms with Gasteiger partial charge in [-0.15, -0.1) is 0 Å². The van der Waals surface area contributed by atoms with E-state index in [1.807, 2.05) is 0 Å². The number of carboxylic acids is 1. The number of carbonyl (C=O) groups excluding carboxylic acids is 1. The molecule has 126 valence electrons. The van der Waals surface area contributed by atoms with Gasteiger partial charge in [0.15, 0.2) is 0 Å². The van der Waals surface area contributed by atoms with E-state index in [0.29, 0.717) is 24.1 Å². The van der Waals surface area contributed by atoms with Gasteiger partial charge in [0.05, 0.1) is 23.7 Å². The Morgan fingerprint density at radius 3 is 2.50 bits per heavy atom. The molecule has 1 saturated heterocycles. The molecule has 1 fully saturated rings. The molecule has 1 aromatic carbocycles. The number of likely N-dealkylation sites (tertiary alicyclic amines) is 1. The van der Waals surface area contributed by atoms with Gasteiger partial charge in [-0.1, -0.05) is 12.1 Å². The monoisotopic (exact) mass is 331 g/mol. The molecule has 1 amide bonds. The molecule has 1 aromatic heterocycles. The number of hydrogen-bond donors (Lipinski definition) is 1. The van der Waals surface area contributed by atoms with E-state index in [2.05, 4.69) is 5.10 Å². The number of hydrogen-bond acceptors (Lipinski definition) is 3. The van der Waals surface area contributed by atoms with Crippen LogP contribution in [-0.2, 0) is 11.8 Å². The summed E-state index contributed by atoms with van der Waals surface area (Å²) in [5.74, 6) is -2.32. The van der Waals surface area contributed by atoms with E-state index in [9.17, 15) is 19.1 Å². The molecular weight excluding hydrogens is 313 g/mol. The second-order valence-electron chi connectivity index (χ2n) is 6.00. The number of benzene rings is 1. The Labute approximate surface area is 138 Å². The Bertz CT molecular complexity index is 785. The maximum absolute atomic E-state index is 13.2. The quantitative estimate of drug-likeness (QED) is 0.935. The van der Waals surface area contributed by atoms with Crippen LogP contribution in [0.3, 0.4) is 0 Å². The van der Waals surface area contributed by atoms with Gasteiger partial charge in [-0.2, -0.15) is 5.10 Å².